The second kappa shape index (κ2) is 8.86. The minimum absolute atomic E-state index is 0.139. The summed E-state index contributed by atoms with van der Waals surface area (Å²) in [6.45, 7) is 0.976. The number of hydrogen-bond donors (Lipinski definition) is 1. The number of fused-ring (bicyclic) bond motifs is 1. The third-order valence-corrected chi connectivity index (χ3v) is 5.04. The average molecular weight is 409 g/mol. The van der Waals surface area contributed by atoms with Crippen LogP contribution in [0.5, 0.6) is 11.5 Å². The summed E-state index contributed by atoms with van der Waals surface area (Å²) in [7, 11) is 0. The minimum Gasteiger partial charge on any atom is -0.454 e. The lowest BCUT2D eigenvalue weighted by Crippen LogP contribution is -2.49. The van der Waals surface area contributed by atoms with Crippen LogP contribution in [-0.2, 0) is 27.2 Å². The lowest BCUT2D eigenvalue weighted by atomic mass is 10.1. The van der Waals surface area contributed by atoms with Gasteiger partial charge in [0.2, 0.25) is 18.6 Å². The average Bonchev–Trinajstić information content (AvgIpc) is 3.42. The van der Waals surface area contributed by atoms with Crippen LogP contribution in [-0.4, -0.2) is 54.2 Å². The van der Waals surface area contributed by atoms with Crippen molar-refractivity contribution in [3.63, 3.8) is 0 Å². The number of benzene rings is 2. The van der Waals surface area contributed by atoms with Gasteiger partial charge in [0.15, 0.2) is 11.5 Å². The quantitative estimate of drug-likeness (QED) is 0.777. The lowest BCUT2D eigenvalue weighted by molar-refractivity contribution is -0.157. The number of nitrogens with zero attached hydrogens (tertiary/aromatic N) is 2. The molecule has 3 amide bonds. The number of carbonyl (C=O) groups excluding carboxylic acids is 3. The topological polar surface area (TPSA) is 88.2 Å². The predicted molar refractivity (Wildman–Crippen MR) is 107 cm³/mol. The van der Waals surface area contributed by atoms with Gasteiger partial charge in [-0.3, -0.25) is 19.4 Å². The molecule has 0 radical (unpaired) electrons. The van der Waals surface area contributed by atoms with Gasteiger partial charge in [0.25, 0.3) is 5.91 Å². The van der Waals surface area contributed by atoms with E-state index in [9.17, 15) is 14.4 Å². The summed E-state index contributed by atoms with van der Waals surface area (Å²) < 4.78 is 10.6. The first kappa shape index (κ1) is 19.8. The Balaban J connectivity index is 1.30. The summed E-state index contributed by atoms with van der Waals surface area (Å²) in [6, 6.07) is 14.7. The van der Waals surface area contributed by atoms with Crippen molar-refractivity contribution in [3.8, 4) is 11.5 Å². The maximum atomic E-state index is 12.8. The van der Waals surface area contributed by atoms with E-state index in [-0.39, 0.29) is 43.9 Å². The molecule has 0 saturated carbocycles. The Bertz CT molecular complexity index is 947. The number of rotatable bonds is 6. The highest BCUT2D eigenvalue weighted by molar-refractivity contribution is 5.88. The van der Waals surface area contributed by atoms with E-state index in [1.807, 2.05) is 36.4 Å². The summed E-state index contributed by atoms with van der Waals surface area (Å²) in [4.78, 5) is 37.5. The molecule has 2 aliphatic rings. The normalized spacial score (nSPS) is 14.7. The van der Waals surface area contributed by atoms with Gasteiger partial charge in [-0.25, -0.2) is 5.01 Å². The van der Waals surface area contributed by atoms with Crippen LogP contribution in [0.4, 0.5) is 0 Å². The molecule has 0 unspecified atom stereocenters. The second-order valence-corrected chi connectivity index (χ2v) is 7.19. The van der Waals surface area contributed by atoms with Gasteiger partial charge in [0.1, 0.15) is 0 Å². The molecule has 8 nitrogen and oxygen atoms in total. The van der Waals surface area contributed by atoms with Gasteiger partial charge < -0.3 is 14.8 Å². The lowest BCUT2D eigenvalue weighted by Gasteiger charge is -2.28. The van der Waals surface area contributed by atoms with Crippen molar-refractivity contribution in [2.24, 2.45) is 0 Å². The number of hydrogen-bond acceptors (Lipinski definition) is 5. The molecule has 2 aromatic rings. The van der Waals surface area contributed by atoms with E-state index in [2.05, 4.69) is 5.32 Å². The molecule has 0 aliphatic carbocycles. The summed E-state index contributed by atoms with van der Waals surface area (Å²) in [5.74, 6) is 0.585. The maximum Gasteiger partial charge on any atom is 0.260 e. The summed E-state index contributed by atoms with van der Waals surface area (Å²) in [5.41, 5.74) is 1.67. The molecule has 0 atom stereocenters. The third kappa shape index (κ3) is 4.53. The molecule has 1 N–H and O–H groups in total. The highest BCUT2D eigenvalue weighted by atomic mass is 16.7. The fourth-order valence-electron chi connectivity index (χ4n) is 3.56. The predicted octanol–water partition coefficient (Wildman–Crippen LogP) is 1.29. The number of nitrogens with one attached hydrogen (secondary N) is 1. The Kier molecular flexibility index (Phi) is 5.83. The molecule has 8 heteroatoms. The van der Waals surface area contributed by atoms with Crippen LogP contribution in [0.15, 0.2) is 48.5 Å². The van der Waals surface area contributed by atoms with Crippen LogP contribution < -0.4 is 14.8 Å². The molecular weight excluding hydrogens is 386 g/mol. The van der Waals surface area contributed by atoms with Crippen molar-refractivity contribution in [1.29, 1.82) is 0 Å². The van der Waals surface area contributed by atoms with Gasteiger partial charge in [-0.1, -0.05) is 36.4 Å². The molecule has 0 aromatic heterocycles. The minimum atomic E-state index is -0.298. The van der Waals surface area contributed by atoms with Gasteiger partial charge in [-0.2, -0.15) is 0 Å². The Labute approximate surface area is 174 Å². The molecule has 156 valence electrons. The van der Waals surface area contributed by atoms with Crippen molar-refractivity contribution in [3.05, 3.63) is 59.7 Å². The van der Waals surface area contributed by atoms with Gasteiger partial charge >= 0.3 is 0 Å². The van der Waals surface area contributed by atoms with Crippen LogP contribution in [0.2, 0.25) is 0 Å². The molecule has 1 fully saturated rings. The molecule has 1 saturated heterocycles. The van der Waals surface area contributed by atoms with Gasteiger partial charge in [-0.05, 0) is 29.7 Å². The number of hydrazine groups is 1. The van der Waals surface area contributed by atoms with Crippen LogP contribution in [0.3, 0.4) is 0 Å². The Morgan fingerprint density at radius 3 is 2.37 bits per heavy atom. The number of amides is 3. The first-order chi connectivity index (χ1) is 14.6. The van der Waals surface area contributed by atoms with Gasteiger partial charge in [-0.15, -0.1) is 0 Å². The fourth-order valence-corrected chi connectivity index (χ4v) is 3.56. The van der Waals surface area contributed by atoms with Crippen LogP contribution in [0, 0.1) is 0 Å². The molecule has 0 bridgehead atoms. The van der Waals surface area contributed by atoms with E-state index in [4.69, 9.17) is 9.47 Å². The Morgan fingerprint density at radius 1 is 0.833 bits per heavy atom. The second-order valence-electron chi connectivity index (χ2n) is 7.19. The summed E-state index contributed by atoms with van der Waals surface area (Å²) >= 11 is 0. The number of carbonyl (C=O) groups is 3. The zero-order valence-electron chi connectivity index (χ0n) is 16.5. The maximum absolute atomic E-state index is 12.8. The van der Waals surface area contributed by atoms with Crippen molar-refractivity contribution in [2.45, 2.75) is 19.3 Å². The molecule has 2 aromatic carbocycles. The van der Waals surface area contributed by atoms with Crippen LogP contribution >= 0.6 is 0 Å². The Hall–Kier alpha value is -3.55. The molecule has 30 heavy (non-hydrogen) atoms. The first-order valence-electron chi connectivity index (χ1n) is 9.90. The summed E-state index contributed by atoms with van der Waals surface area (Å²) in [6.07, 6.45) is 1.07. The van der Waals surface area contributed by atoms with E-state index in [0.29, 0.717) is 31.0 Å². The largest absolute Gasteiger partial charge is 0.454 e. The van der Waals surface area contributed by atoms with Crippen molar-refractivity contribution >= 4 is 17.7 Å². The van der Waals surface area contributed by atoms with Crippen LogP contribution in [0.1, 0.15) is 17.5 Å². The van der Waals surface area contributed by atoms with Crippen LogP contribution in [0.25, 0.3) is 0 Å². The van der Waals surface area contributed by atoms with Crippen molar-refractivity contribution in [1.82, 2.24) is 15.3 Å². The van der Waals surface area contributed by atoms with Gasteiger partial charge in [0, 0.05) is 13.1 Å². The number of ether oxygens (including phenoxy) is 2. The molecular formula is C22H23N3O5. The van der Waals surface area contributed by atoms with E-state index < -0.39 is 0 Å². The standard InChI is InChI=1S/C22H23N3O5/c26-20(12-16-5-2-1-3-6-16)23-14-22(28)25-10-4-9-24(25)21(27)13-17-7-8-18-19(11-17)30-15-29-18/h1-3,5-8,11H,4,9-10,12-15H2,(H,23,26). The zero-order valence-corrected chi connectivity index (χ0v) is 16.5. The molecule has 2 heterocycles. The molecule has 4 rings (SSSR count). The fraction of sp³-hybridized carbons (Fsp3) is 0.318. The monoisotopic (exact) mass is 409 g/mol. The van der Waals surface area contributed by atoms with E-state index in [1.54, 1.807) is 12.1 Å². The highest BCUT2D eigenvalue weighted by Gasteiger charge is 2.30. The zero-order chi connectivity index (χ0) is 20.9. The SMILES string of the molecule is O=C(Cc1ccccc1)NCC(=O)N1CCCN1C(=O)Cc1ccc2c(c1)OCO2. The smallest absolute Gasteiger partial charge is 0.260 e. The first-order valence-corrected chi connectivity index (χ1v) is 9.90. The van der Waals surface area contributed by atoms with E-state index in [1.165, 1.54) is 10.0 Å². The Morgan fingerprint density at radius 2 is 1.57 bits per heavy atom. The van der Waals surface area contributed by atoms with E-state index in [0.717, 1.165) is 11.1 Å². The van der Waals surface area contributed by atoms with Crippen molar-refractivity contribution in [2.75, 3.05) is 26.4 Å². The van der Waals surface area contributed by atoms with E-state index >= 15 is 0 Å². The van der Waals surface area contributed by atoms with Crippen molar-refractivity contribution < 1.29 is 23.9 Å². The summed E-state index contributed by atoms with van der Waals surface area (Å²) in [5, 5.41) is 5.54. The molecule has 0 spiro atoms. The molecule has 2 aliphatic heterocycles. The van der Waals surface area contributed by atoms with Gasteiger partial charge in [0.05, 0.1) is 19.4 Å². The highest BCUT2D eigenvalue weighted by Crippen LogP contribution is 2.32. The third-order valence-electron chi connectivity index (χ3n) is 5.04.